The van der Waals surface area contributed by atoms with Gasteiger partial charge in [0, 0.05) is 18.8 Å². The molecule has 108 valence electrons. The Balaban J connectivity index is 2.04. The molecule has 0 atom stereocenters. The van der Waals surface area contributed by atoms with Gasteiger partial charge >= 0.3 is 0 Å². The number of sulfonamides is 1. The van der Waals surface area contributed by atoms with E-state index in [1.807, 2.05) is 0 Å². The number of nitrogens with one attached hydrogen (secondary N) is 2. The Morgan fingerprint density at radius 3 is 2.40 bits per heavy atom. The van der Waals surface area contributed by atoms with E-state index in [0.717, 1.165) is 12.2 Å². The van der Waals surface area contributed by atoms with Crippen LogP contribution in [0.25, 0.3) is 0 Å². The third-order valence-electron chi connectivity index (χ3n) is 2.94. The zero-order chi connectivity index (χ0) is 14.6. The van der Waals surface area contributed by atoms with Crippen molar-refractivity contribution in [1.82, 2.24) is 4.72 Å². The lowest BCUT2D eigenvalue weighted by Crippen LogP contribution is -2.23. The molecule has 6 heteroatoms. The summed E-state index contributed by atoms with van der Waals surface area (Å²) in [5.41, 5.74) is 3.44. The standard InChI is InChI=1S/C14H18N2O2S2/c1-3-16-20(17,18)14-6-4-13(5-7-14)15-8-12-10-19-9-11(12)2/h4-7,9-10,15-16H,3,8H2,1-2H3. The van der Waals surface area contributed by atoms with Gasteiger partial charge in [-0.3, -0.25) is 0 Å². The molecule has 0 fully saturated rings. The van der Waals surface area contributed by atoms with Crippen molar-refractivity contribution in [3.05, 3.63) is 46.2 Å². The highest BCUT2D eigenvalue weighted by Gasteiger charge is 2.11. The first-order valence-electron chi connectivity index (χ1n) is 6.38. The van der Waals surface area contributed by atoms with Gasteiger partial charge in [-0.1, -0.05) is 6.92 Å². The minimum atomic E-state index is -3.37. The summed E-state index contributed by atoms with van der Waals surface area (Å²) in [6.07, 6.45) is 0. The monoisotopic (exact) mass is 310 g/mol. The lowest BCUT2D eigenvalue weighted by atomic mass is 10.2. The van der Waals surface area contributed by atoms with Crippen molar-refractivity contribution in [3.63, 3.8) is 0 Å². The number of hydrogen-bond donors (Lipinski definition) is 2. The van der Waals surface area contributed by atoms with Gasteiger partial charge in [0.1, 0.15) is 0 Å². The molecule has 0 spiro atoms. The summed E-state index contributed by atoms with van der Waals surface area (Å²) in [5.74, 6) is 0. The van der Waals surface area contributed by atoms with Gasteiger partial charge in [-0.2, -0.15) is 11.3 Å². The molecule has 2 aromatic rings. The summed E-state index contributed by atoms with van der Waals surface area (Å²) in [6, 6.07) is 6.79. The minimum absolute atomic E-state index is 0.289. The van der Waals surface area contributed by atoms with E-state index in [9.17, 15) is 8.42 Å². The minimum Gasteiger partial charge on any atom is -0.381 e. The van der Waals surface area contributed by atoms with Gasteiger partial charge in [-0.15, -0.1) is 0 Å². The number of thiophene rings is 1. The van der Waals surface area contributed by atoms with Crippen LogP contribution in [0.4, 0.5) is 5.69 Å². The second kappa shape index (κ2) is 6.39. The summed E-state index contributed by atoms with van der Waals surface area (Å²) in [4.78, 5) is 0.289. The Morgan fingerprint density at radius 1 is 1.15 bits per heavy atom. The third kappa shape index (κ3) is 3.59. The number of aryl methyl sites for hydroxylation is 1. The maximum Gasteiger partial charge on any atom is 0.240 e. The maximum atomic E-state index is 11.8. The predicted octanol–water partition coefficient (Wildman–Crippen LogP) is 2.97. The van der Waals surface area contributed by atoms with Crippen LogP contribution in [0.3, 0.4) is 0 Å². The SMILES string of the molecule is CCNS(=O)(=O)c1ccc(NCc2cscc2C)cc1. The molecular weight excluding hydrogens is 292 g/mol. The molecule has 0 bridgehead atoms. The topological polar surface area (TPSA) is 58.2 Å². The molecule has 0 unspecified atom stereocenters. The Hall–Kier alpha value is -1.37. The van der Waals surface area contributed by atoms with E-state index < -0.39 is 10.0 Å². The van der Waals surface area contributed by atoms with Crippen LogP contribution >= 0.6 is 11.3 Å². The van der Waals surface area contributed by atoms with Gasteiger partial charge in [0.25, 0.3) is 0 Å². The Labute approximate surface area is 123 Å². The summed E-state index contributed by atoms with van der Waals surface area (Å²) >= 11 is 1.69. The molecule has 0 amide bonds. The highest BCUT2D eigenvalue weighted by molar-refractivity contribution is 7.89. The molecule has 1 aromatic carbocycles. The molecule has 1 aromatic heterocycles. The van der Waals surface area contributed by atoms with Crippen molar-refractivity contribution in [2.75, 3.05) is 11.9 Å². The van der Waals surface area contributed by atoms with Gasteiger partial charge in [-0.25, -0.2) is 13.1 Å². The normalized spacial score (nSPS) is 11.5. The van der Waals surface area contributed by atoms with E-state index in [4.69, 9.17) is 0 Å². The van der Waals surface area contributed by atoms with Gasteiger partial charge in [-0.05, 0) is 53.1 Å². The van der Waals surface area contributed by atoms with Crippen molar-refractivity contribution < 1.29 is 8.42 Å². The van der Waals surface area contributed by atoms with Gasteiger partial charge in [0.05, 0.1) is 4.90 Å². The maximum absolute atomic E-state index is 11.8. The quantitative estimate of drug-likeness (QED) is 0.862. The van der Waals surface area contributed by atoms with Crippen LogP contribution < -0.4 is 10.0 Å². The fourth-order valence-corrected chi connectivity index (χ4v) is 3.69. The second-order valence-electron chi connectivity index (χ2n) is 4.46. The molecule has 0 saturated carbocycles. The Morgan fingerprint density at radius 2 is 1.85 bits per heavy atom. The van der Waals surface area contributed by atoms with Crippen molar-refractivity contribution in [3.8, 4) is 0 Å². The molecule has 0 saturated heterocycles. The van der Waals surface area contributed by atoms with E-state index in [0.29, 0.717) is 6.54 Å². The molecular formula is C14H18N2O2S2. The second-order valence-corrected chi connectivity index (χ2v) is 6.97. The number of anilines is 1. The molecule has 2 rings (SSSR count). The van der Waals surface area contributed by atoms with E-state index in [2.05, 4.69) is 27.7 Å². The van der Waals surface area contributed by atoms with Gasteiger partial charge in [0.15, 0.2) is 0 Å². The molecule has 4 nitrogen and oxygen atoms in total. The van der Waals surface area contributed by atoms with E-state index in [1.165, 1.54) is 11.1 Å². The first-order valence-corrected chi connectivity index (χ1v) is 8.81. The summed E-state index contributed by atoms with van der Waals surface area (Å²) in [7, 11) is -3.37. The zero-order valence-electron chi connectivity index (χ0n) is 11.5. The van der Waals surface area contributed by atoms with Crippen molar-refractivity contribution in [2.24, 2.45) is 0 Å². The molecule has 1 heterocycles. The van der Waals surface area contributed by atoms with Crippen LogP contribution in [0.1, 0.15) is 18.1 Å². The number of rotatable bonds is 6. The summed E-state index contributed by atoms with van der Waals surface area (Å²) < 4.78 is 26.1. The van der Waals surface area contributed by atoms with Crippen molar-refractivity contribution >= 4 is 27.0 Å². The molecule has 20 heavy (non-hydrogen) atoms. The first-order chi connectivity index (χ1) is 9.53. The average molecular weight is 310 g/mol. The van der Waals surface area contributed by atoms with Gasteiger partial charge < -0.3 is 5.32 Å². The van der Waals surface area contributed by atoms with Crippen LogP contribution in [-0.4, -0.2) is 15.0 Å². The van der Waals surface area contributed by atoms with Crippen molar-refractivity contribution in [2.45, 2.75) is 25.3 Å². The number of hydrogen-bond acceptors (Lipinski definition) is 4. The Bertz CT molecular complexity index is 661. The first kappa shape index (κ1) is 15.0. The molecule has 2 N–H and O–H groups in total. The van der Waals surface area contributed by atoms with E-state index in [1.54, 1.807) is 42.5 Å². The highest BCUT2D eigenvalue weighted by Crippen LogP contribution is 2.17. The highest BCUT2D eigenvalue weighted by atomic mass is 32.2. The lowest BCUT2D eigenvalue weighted by Gasteiger charge is -2.08. The van der Waals surface area contributed by atoms with Crippen LogP contribution in [0, 0.1) is 6.92 Å². The average Bonchev–Trinajstić information content (AvgIpc) is 2.82. The smallest absolute Gasteiger partial charge is 0.240 e. The van der Waals surface area contributed by atoms with Crippen molar-refractivity contribution in [1.29, 1.82) is 0 Å². The fraction of sp³-hybridized carbons (Fsp3) is 0.286. The van der Waals surface area contributed by atoms with E-state index >= 15 is 0 Å². The lowest BCUT2D eigenvalue weighted by molar-refractivity contribution is 0.584. The Kier molecular flexibility index (Phi) is 4.80. The van der Waals surface area contributed by atoms with Crippen LogP contribution in [-0.2, 0) is 16.6 Å². The zero-order valence-corrected chi connectivity index (χ0v) is 13.1. The third-order valence-corrected chi connectivity index (χ3v) is 5.42. The van der Waals surface area contributed by atoms with Gasteiger partial charge in [0.2, 0.25) is 10.0 Å². The summed E-state index contributed by atoms with van der Waals surface area (Å²) in [6.45, 7) is 4.98. The largest absolute Gasteiger partial charge is 0.381 e. The fourth-order valence-electron chi connectivity index (χ4n) is 1.79. The van der Waals surface area contributed by atoms with Crippen LogP contribution in [0.2, 0.25) is 0 Å². The predicted molar refractivity (Wildman–Crippen MR) is 83.7 cm³/mol. The number of benzene rings is 1. The molecule has 0 aliphatic heterocycles. The molecule has 0 aliphatic carbocycles. The summed E-state index contributed by atoms with van der Waals surface area (Å²) in [5, 5.41) is 7.52. The molecule has 0 aliphatic rings. The van der Waals surface area contributed by atoms with E-state index in [-0.39, 0.29) is 4.90 Å². The van der Waals surface area contributed by atoms with Crippen LogP contribution in [0.5, 0.6) is 0 Å². The molecule has 0 radical (unpaired) electrons. The van der Waals surface area contributed by atoms with Crippen LogP contribution in [0.15, 0.2) is 39.9 Å².